The Morgan fingerprint density at radius 2 is 2.09 bits per heavy atom. The van der Waals surface area contributed by atoms with Gasteiger partial charge in [0.2, 0.25) is 0 Å². The lowest BCUT2D eigenvalue weighted by molar-refractivity contribution is -0.137. The van der Waals surface area contributed by atoms with E-state index in [2.05, 4.69) is 10.1 Å². The predicted octanol–water partition coefficient (Wildman–Crippen LogP) is 2.62. The highest BCUT2D eigenvalue weighted by Gasteiger charge is 2.31. The third-order valence-corrected chi connectivity index (χ3v) is 3.67. The van der Waals surface area contributed by atoms with Crippen molar-refractivity contribution in [1.82, 2.24) is 14.8 Å². The summed E-state index contributed by atoms with van der Waals surface area (Å²) in [5.74, 6) is 0.517. The van der Waals surface area contributed by atoms with E-state index in [9.17, 15) is 13.2 Å². The fraction of sp³-hybridized carbons (Fsp3) is 0.357. The van der Waals surface area contributed by atoms with Crippen LogP contribution in [0.4, 0.5) is 19.0 Å². The van der Waals surface area contributed by atoms with Crippen LogP contribution in [0, 0.1) is 11.3 Å². The molecule has 2 aromatic rings. The van der Waals surface area contributed by atoms with Gasteiger partial charge in [-0.25, -0.2) is 4.98 Å². The molecule has 0 saturated carbocycles. The van der Waals surface area contributed by atoms with Crippen molar-refractivity contribution < 1.29 is 13.2 Å². The van der Waals surface area contributed by atoms with Crippen LogP contribution < -0.4 is 4.90 Å². The molecule has 114 valence electrons. The second-order valence-electron chi connectivity index (χ2n) is 5.11. The van der Waals surface area contributed by atoms with Gasteiger partial charge in [0.1, 0.15) is 11.9 Å². The molecule has 1 saturated heterocycles. The van der Waals surface area contributed by atoms with Gasteiger partial charge in [-0.1, -0.05) is 0 Å². The van der Waals surface area contributed by atoms with E-state index in [0.29, 0.717) is 24.5 Å². The fourth-order valence-electron chi connectivity index (χ4n) is 2.50. The van der Waals surface area contributed by atoms with Crippen LogP contribution in [0.2, 0.25) is 0 Å². The lowest BCUT2D eigenvalue weighted by Crippen LogP contribution is -2.22. The van der Waals surface area contributed by atoms with E-state index in [1.165, 1.54) is 12.3 Å². The van der Waals surface area contributed by atoms with Gasteiger partial charge in [0.15, 0.2) is 0 Å². The highest BCUT2D eigenvalue weighted by atomic mass is 19.4. The van der Waals surface area contributed by atoms with Gasteiger partial charge in [-0.15, -0.1) is 0 Å². The topological polar surface area (TPSA) is 57.7 Å². The van der Waals surface area contributed by atoms with E-state index in [-0.39, 0.29) is 6.04 Å². The number of hydrogen-bond donors (Lipinski definition) is 0. The Balaban J connectivity index is 1.71. The number of hydrogen-bond acceptors (Lipinski definition) is 4. The van der Waals surface area contributed by atoms with E-state index >= 15 is 0 Å². The molecular formula is C14H12F3N5. The Morgan fingerprint density at radius 3 is 2.68 bits per heavy atom. The number of alkyl halides is 3. The van der Waals surface area contributed by atoms with Crippen molar-refractivity contribution in [1.29, 1.82) is 5.26 Å². The first-order valence-electron chi connectivity index (χ1n) is 6.70. The molecule has 0 spiro atoms. The average molecular weight is 307 g/mol. The van der Waals surface area contributed by atoms with Gasteiger partial charge in [0, 0.05) is 25.5 Å². The summed E-state index contributed by atoms with van der Waals surface area (Å²) < 4.78 is 39.3. The molecule has 0 bridgehead atoms. The smallest absolute Gasteiger partial charge is 0.354 e. The van der Waals surface area contributed by atoms with Crippen molar-refractivity contribution in [2.75, 3.05) is 18.0 Å². The summed E-state index contributed by atoms with van der Waals surface area (Å²) in [6, 6.07) is 4.53. The SMILES string of the molecule is N#Cc1cnn(C2CCN(c3ccc(C(F)(F)F)cn3)C2)c1. The monoisotopic (exact) mass is 307 g/mol. The fourth-order valence-corrected chi connectivity index (χ4v) is 2.50. The van der Waals surface area contributed by atoms with Crippen molar-refractivity contribution in [2.24, 2.45) is 0 Å². The zero-order chi connectivity index (χ0) is 15.7. The van der Waals surface area contributed by atoms with Crippen LogP contribution in [0.1, 0.15) is 23.6 Å². The molecule has 0 amide bonds. The van der Waals surface area contributed by atoms with E-state index in [1.54, 1.807) is 10.9 Å². The lowest BCUT2D eigenvalue weighted by Gasteiger charge is -2.18. The molecular weight excluding hydrogens is 295 g/mol. The molecule has 1 unspecified atom stereocenters. The Labute approximate surface area is 124 Å². The van der Waals surface area contributed by atoms with E-state index < -0.39 is 11.7 Å². The molecule has 1 atom stereocenters. The first-order chi connectivity index (χ1) is 10.5. The van der Waals surface area contributed by atoms with Crippen LogP contribution in [0.5, 0.6) is 0 Å². The van der Waals surface area contributed by atoms with Gasteiger partial charge >= 0.3 is 6.18 Å². The summed E-state index contributed by atoms with van der Waals surface area (Å²) in [6.07, 6.45) is 0.453. The van der Waals surface area contributed by atoms with Crippen LogP contribution in [0.25, 0.3) is 0 Å². The molecule has 3 rings (SSSR count). The summed E-state index contributed by atoms with van der Waals surface area (Å²) in [4.78, 5) is 5.82. The molecule has 5 nitrogen and oxygen atoms in total. The largest absolute Gasteiger partial charge is 0.417 e. The molecule has 0 aliphatic carbocycles. The van der Waals surface area contributed by atoms with Crippen molar-refractivity contribution in [3.8, 4) is 6.07 Å². The number of rotatable bonds is 2. The molecule has 3 heterocycles. The highest BCUT2D eigenvalue weighted by molar-refractivity contribution is 5.41. The molecule has 1 aliphatic rings. The number of nitrogens with zero attached hydrogens (tertiary/aromatic N) is 5. The Morgan fingerprint density at radius 1 is 1.27 bits per heavy atom. The third kappa shape index (κ3) is 2.74. The van der Waals surface area contributed by atoms with E-state index in [4.69, 9.17) is 5.26 Å². The number of halogens is 3. The maximum Gasteiger partial charge on any atom is 0.417 e. The normalized spacial score (nSPS) is 18.5. The van der Waals surface area contributed by atoms with Crippen molar-refractivity contribution in [3.05, 3.63) is 41.9 Å². The first kappa shape index (κ1) is 14.4. The predicted molar refractivity (Wildman–Crippen MR) is 72.0 cm³/mol. The van der Waals surface area contributed by atoms with Crippen LogP contribution in [-0.4, -0.2) is 27.9 Å². The second-order valence-corrected chi connectivity index (χ2v) is 5.11. The van der Waals surface area contributed by atoms with Crippen LogP contribution in [-0.2, 0) is 6.18 Å². The molecule has 0 radical (unpaired) electrons. The van der Waals surface area contributed by atoms with Crippen molar-refractivity contribution >= 4 is 5.82 Å². The van der Waals surface area contributed by atoms with Gasteiger partial charge in [0.25, 0.3) is 0 Å². The van der Waals surface area contributed by atoms with Crippen LogP contribution >= 0.6 is 0 Å². The lowest BCUT2D eigenvalue weighted by atomic mass is 10.2. The van der Waals surface area contributed by atoms with Crippen molar-refractivity contribution in [2.45, 2.75) is 18.6 Å². The van der Waals surface area contributed by atoms with Gasteiger partial charge < -0.3 is 4.90 Å². The molecule has 1 fully saturated rings. The molecule has 0 aromatic carbocycles. The second kappa shape index (κ2) is 5.33. The maximum absolute atomic E-state index is 12.5. The van der Waals surface area contributed by atoms with E-state index in [0.717, 1.165) is 18.7 Å². The first-order valence-corrected chi connectivity index (χ1v) is 6.70. The third-order valence-electron chi connectivity index (χ3n) is 3.67. The number of aromatic nitrogens is 3. The summed E-state index contributed by atoms with van der Waals surface area (Å²) in [5.41, 5.74) is -0.260. The van der Waals surface area contributed by atoms with Gasteiger partial charge in [0.05, 0.1) is 23.4 Å². The average Bonchev–Trinajstić information content (AvgIpc) is 3.15. The summed E-state index contributed by atoms with van der Waals surface area (Å²) >= 11 is 0. The quantitative estimate of drug-likeness (QED) is 0.856. The van der Waals surface area contributed by atoms with E-state index in [1.807, 2.05) is 11.0 Å². The Bertz CT molecular complexity index is 699. The maximum atomic E-state index is 12.5. The zero-order valence-electron chi connectivity index (χ0n) is 11.5. The number of anilines is 1. The molecule has 22 heavy (non-hydrogen) atoms. The summed E-state index contributed by atoms with van der Waals surface area (Å²) in [5, 5.41) is 12.9. The molecule has 0 N–H and O–H groups in total. The van der Waals surface area contributed by atoms with Gasteiger partial charge in [-0.3, -0.25) is 4.68 Å². The highest BCUT2D eigenvalue weighted by Crippen LogP contribution is 2.31. The van der Waals surface area contributed by atoms with Gasteiger partial charge in [-0.05, 0) is 18.6 Å². The van der Waals surface area contributed by atoms with Crippen LogP contribution in [0.15, 0.2) is 30.7 Å². The Kier molecular flexibility index (Phi) is 3.48. The minimum atomic E-state index is -4.37. The standard InChI is InChI=1S/C14H12F3N5/c15-14(16,17)11-1-2-13(19-7-11)21-4-3-12(9-21)22-8-10(5-18)6-20-22/h1-2,6-8,12H,3-4,9H2. The minimum absolute atomic E-state index is 0.0891. The Hall–Kier alpha value is -2.56. The van der Waals surface area contributed by atoms with Gasteiger partial charge in [-0.2, -0.15) is 23.5 Å². The number of nitriles is 1. The molecule has 8 heteroatoms. The molecule has 1 aliphatic heterocycles. The zero-order valence-corrected chi connectivity index (χ0v) is 11.5. The summed E-state index contributed by atoms with van der Waals surface area (Å²) in [6.45, 7) is 1.29. The molecule has 2 aromatic heterocycles. The van der Waals surface area contributed by atoms with Crippen molar-refractivity contribution in [3.63, 3.8) is 0 Å². The minimum Gasteiger partial charge on any atom is -0.354 e. The number of pyridine rings is 1. The van der Waals surface area contributed by atoms with Crippen LogP contribution in [0.3, 0.4) is 0 Å². The summed E-state index contributed by atoms with van der Waals surface area (Å²) in [7, 11) is 0.